The van der Waals surface area contributed by atoms with E-state index in [0.29, 0.717) is 28.1 Å². The number of hydrogen-bond acceptors (Lipinski definition) is 4. The summed E-state index contributed by atoms with van der Waals surface area (Å²) in [4.78, 5) is 19.8. The van der Waals surface area contributed by atoms with Crippen molar-refractivity contribution >= 4 is 40.6 Å². The number of aromatic amines is 1. The minimum absolute atomic E-state index is 0.0513. The van der Waals surface area contributed by atoms with Crippen molar-refractivity contribution in [3.63, 3.8) is 0 Å². The minimum Gasteiger partial charge on any atom is -0.486 e. The second-order valence-electron chi connectivity index (χ2n) is 5.66. The molecule has 2 aromatic carbocycles. The number of benzene rings is 2. The van der Waals surface area contributed by atoms with Crippen LogP contribution in [0.15, 0.2) is 53.3 Å². The first-order valence-electron chi connectivity index (χ1n) is 7.83. The van der Waals surface area contributed by atoms with Gasteiger partial charge in [-0.1, -0.05) is 65.1 Å². The third-order valence-corrected chi connectivity index (χ3v) is 4.76. The van der Waals surface area contributed by atoms with E-state index in [1.165, 1.54) is 16.6 Å². The Morgan fingerprint density at radius 2 is 1.85 bits per heavy atom. The number of aromatic nitrogens is 4. The fraction of sp³-hybridized carbons (Fsp3) is 0.0556. The van der Waals surface area contributed by atoms with E-state index in [1.807, 2.05) is 30.3 Å². The van der Waals surface area contributed by atoms with Crippen molar-refractivity contribution in [2.75, 3.05) is 0 Å². The predicted octanol–water partition coefficient (Wildman–Crippen LogP) is 4.62. The van der Waals surface area contributed by atoms with E-state index in [-0.39, 0.29) is 22.2 Å². The molecule has 4 rings (SSSR count). The standard InChI is InChI=1S/C18H11Cl3N4O2/c19-11-6-13(20)16(21)14(7-11)27-9-12-8-15(26)25-18(22-12)23-17(24-25)10-4-2-1-3-5-10/h1-8H,9H2,(H,22,23,24). The largest absolute Gasteiger partial charge is 0.486 e. The molecule has 0 amide bonds. The van der Waals surface area contributed by atoms with Crippen molar-refractivity contribution in [1.29, 1.82) is 0 Å². The summed E-state index contributed by atoms with van der Waals surface area (Å²) in [5.74, 6) is 1.09. The first-order chi connectivity index (χ1) is 13.0. The third kappa shape index (κ3) is 3.64. The highest BCUT2D eigenvalue weighted by Gasteiger charge is 2.12. The van der Waals surface area contributed by atoms with Gasteiger partial charge in [-0.25, -0.2) is 0 Å². The van der Waals surface area contributed by atoms with Crippen molar-refractivity contribution in [1.82, 2.24) is 19.6 Å². The Morgan fingerprint density at radius 3 is 2.63 bits per heavy atom. The SMILES string of the molecule is O=c1cc(COc2cc(Cl)cc(Cl)c2Cl)[nH]c2nc(-c3ccccc3)nn12. The van der Waals surface area contributed by atoms with Gasteiger partial charge in [-0.2, -0.15) is 9.50 Å². The molecule has 9 heteroatoms. The maximum atomic E-state index is 12.3. The third-order valence-electron chi connectivity index (χ3n) is 3.76. The number of H-pyrrole nitrogens is 1. The van der Waals surface area contributed by atoms with Gasteiger partial charge >= 0.3 is 0 Å². The Morgan fingerprint density at radius 1 is 1.07 bits per heavy atom. The maximum absolute atomic E-state index is 12.3. The Hall–Kier alpha value is -2.54. The van der Waals surface area contributed by atoms with Crippen LogP contribution in [0.4, 0.5) is 0 Å². The van der Waals surface area contributed by atoms with E-state index in [1.54, 1.807) is 6.07 Å². The highest BCUT2D eigenvalue weighted by atomic mass is 35.5. The number of nitrogens with one attached hydrogen (secondary N) is 1. The fourth-order valence-electron chi connectivity index (χ4n) is 2.52. The van der Waals surface area contributed by atoms with E-state index < -0.39 is 0 Å². The van der Waals surface area contributed by atoms with Gasteiger partial charge in [0.25, 0.3) is 5.56 Å². The molecule has 0 aliphatic carbocycles. The normalized spacial score (nSPS) is 11.1. The molecule has 4 aromatic rings. The number of halogens is 3. The summed E-state index contributed by atoms with van der Waals surface area (Å²) in [6, 6.07) is 13.8. The van der Waals surface area contributed by atoms with Gasteiger partial charge in [0.1, 0.15) is 17.4 Å². The molecule has 0 radical (unpaired) electrons. The smallest absolute Gasteiger partial charge is 0.276 e. The van der Waals surface area contributed by atoms with Crippen LogP contribution in [0.5, 0.6) is 5.75 Å². The van der Waals surface area contributed by atoms with Gasteiger partial charge in [0.05, 0.1) is 10.7 Å². The molecule has 1 N–H and O–H groups in total. The molecule has 0 bridgehead atoms. The first-order valence-corrected chi connectivity index (χ1v) is 8.96. The highest BCUT2D eigenvalue weighted by molar-refractivity contribution is 6.44. The van der Waals surface area contributed by atoms with Crippen LogP contribution in [-0.2, 0) is 6.61 Å². The zero-order chi connectivity index (χ0) is 19.0. The van der Waals surface area contributed by atoms with Crippen molar-refractivity contribution in [2.24, 2.45) is 0 Å². The molecule has 6 nitrogen and oxygen atoms in total. The van der Waals surface area contributed by atoms with Crippen molar-refractivity contribution in [2.45, 2.75) is 6.61 Å². The Labute approximate surface area is 168 Å². The average molecular weight is 422 g/mol. The summed E-state index contributed by atoms with van der Waals surface area (Å²) < 4.78 is 6.85. The molecule has 0 fully saturated rings. The van der Waals surface area contributed by atoms with Gasteiger partial charge in [-0.05, 0) is 6.07 Å². The molecule has 0 aliphatic heterocycles. The van der Waals surface area contributed by atoms with Gasteiger partial charge in [0, 0.05) is 22.7 Å². The predicted molar refractivity (Wildman–Crippen MR) is 105 cm³/mol. The molecule has 2 aromatic heterocycles. The quantitative estimate of drug-likeness (QED) is 0.488. The average Bonchev–Trinajstić information content (AvgIpc) is 3.09. The lowest BCUT2D eigenvalue weighted by atomic mass is 10.2. The minimum atomic E-state index is -0.327. The van der Waals surface area contributed by atoms with Crippen LogP contribution in [0.3, 0.4) is 0 Å². The number of hydrogen-bond donors (Lipinski definition) is 1. The lowest BCUT2D eigenvalue weighted by molar-refractivity contribution is 0.301. The molecule has 2 heterocycles. The second-order valence-corrected chi connectivity index (χ2v) is 6.88. The molecule has 0 atom stereocenters. The maximum Gasteiger partial charge on any atom is 0.276 e. The zero-order valence-corrected chi connectivity index (χ0v) is 15.9. The molecule has 0 saturated heterocycles. The van der Waals surface area contributed by atoms with Gasteiger partial charge in [-0.15, -0.1) is 5.10 Å². The fourth-order valence-corrected chi connectivity index (χ4v) is 3.16. The summed E-state index contributed by atoms with van der Waals surface area (Å²) in [6.07, 6.45) is 0. The molecule has 0 aliphatic rings. The lowest BCUT2D eigenvalue weighted by Gasteiger charge is -2.09. The van der Waals surface area contributed by atoms with Crippen molar-refractivity contribution < 1.29 is 4.74 Å². The summed E-state index contributed by atoms with van der Waals surface area (Å²) in [6.45, 7) is 0.0513. The van der Waals surface area contributed by atoms with Crippen LogP contribution in [0.2, 0.25) is 15.1 Å². The topological polar surface area (TPSA) is 72.3 Å². The summed E-state index contributed by atoms with van der Waals surface area (Å²) in [5, 5.41) is 5.17. The second kappa shape index (κ2) is 7.23. The number of ether oxygens (including phenoxy) is 1. The van der Waals surface area contributed by atoms with Crippen LogP contribution in [-0.4, -0.2) is 19.6 Å². The first kappa shape index (κ1) is 17.9. The summed E-state index contributed by atoms with van der Waals surface area (Å²) in [7, 11) is 0. The van der Waals surface area contributed by atoms with Gasteiger partial charge in [-0.3, -0.25) is 4.79 Å². The van der Waals surface area contributed by atoms with E-state index >= 15 is 0 Å². The van der Waals surface area contributed by atoms with Crippen LogP contribution in [0.1, 0.15) is 5.69 Å². The number of fused-ring (bicyclic) bond motifs is 1. The van der Waals surface area contributed by atoms with Gasteiger partial charge in [0.2, 0.25) is 5.78 Å². The zero-order valence-electron chi connectivity index (χ0n) is 13.6. The molecule has 0 saturated carbocycles. The van der Waals surface area contributed by atoms with E-state index in [0.717, 1.165) is 5.56 Å². The van der Waals surface area contributed by atoms with E-state index in [2.05, 4.69) is 15.1 Å². The molecular formula is C18H11Cl3N4O2. The Bertz CT molecular complexity index is 1190. The molecule has 27 heavy (non-hydrogen) atoms. The summed E-state index contributed by atoms with van der Waals surface area (Å²) >= 11 is 18.1. The van der Waals surface area contributed by atoms with Crippen molar-refractivity contribution in [3.8, 4) is 17.1 Å². The van der Waals surface area contributed by atoms with Crippen LogP contribution >= 0.6 is 34.8 Å². The monoisotopic (exact) mass is 420 g/mol. The molecule has 0 spiro atoms. The van der Waals surface area contributed by atoms with Crippen LogP contribution in [0, 0.1) is 0 Å². The van der Waals surface area contributed by atoms with Crippen LogP contribution < -0.4 is 10.3 Å². The molecule has 136 valence electrons. The van der Waals surface area contributed by atoms with Gasteiger partial charge in [0.15, 0.2) is 5.82 Å². The van der Waals surface area contributed by atoms with Crippen LogP contribution in [0.25, 0.3) is 17.2 Å². The Kier molecular flexibility index (Phi) is 4.78. The van der Waals surface area contributed by atoms with E-state index in [4.69, 9.17) is 39.5 Å². The number of rotatable bonds is 4. The number of nitrogens with zero attached hydrogens (tertiary/aromatic N) is 3. The van der Waals surface area contributed by atoms with Gasteiger partial charge < -0.3 is 9.72 Å². The molecular weight excluding hydrogens is 411 g/mol. The highest BCUT2D eigenvalue weighted by Crippen LogP contribution is 2.35. The Balaban J connectivity index is 1.65. The molecule has 0 unspecified atom stereocenters. The summed E-state index contributed by atoms with van der Waals surface area (Å²) in [5.41, 5.74) is 0.992. The van der Waals surface area contributed by atoms with Crippen molar-refractivity contribution in [3.05, 3.63) is 79.6 Å². The van der Waals surface area contributed by atoms with E-state index in [9.17, 15) is 4.79 Å². The lowest BCUT2D eigenvalue weighted by Crippen LogP contribution is -2.16.